The van der Waals surface area contributed by atoms with Crippen LogP contribution in [-0.4, -0.2) is 52.2 Å². The molecule has 0 radical (unpaired) electrons. The third kappa shape index (κ3) is 4.28. The van der Waals surface area contributed by atoms with Crippen LogP contribution in [0.15, 0.2) is 24.3 Å². The van der Waals surface area contributed by atoms with Gasteiger partial charge in [0.1, 0.15) is 4.75 Å². The van der Waals surface area contributed by atoms with Gasteiger partial charge in [-0.3, -0.25) is 4.79 Å². The molecular formula is C21H29N3O4S. The molecule has 7 nitrogen and oxygen atoms in total. The van der Waals surface area contributed by atoms with Gasteiger partial charge in [0.2, 0.25) is 0 Å². The Balaban J connectivity index is 1.83. The van der Waals surface area contributed by atoms with E-state index in [4.69, 9.17) is 4.74 Å². The van der Waals surface area contributed by atoms with Gasteiger partial charge in [0.15, 0.2) is 27.3 Å². The number of ether oxygens (including phenoxy) is 1. The number of ketones is 1. The van der Waals surface area contributed by atoms with Crippen LogP contribution in [0.1, 0.15) is 45.0 Å². The summed E-state index contributed by atoms with van der Waals surface area (Å²) < 4.78 is 31.7. The Morgan fingerprint density at radius 3 is 2.41 bits per heavy atom. The molecule has 1 aromatic heterocycles. The normalized spacial score (nSPS) is 16.1. The van der Waals surface area contributed by atoms with E-state index in [2.05, 4.69) is 10.1 Å². The van der Waals surface area contributed by atoms with Crippen molar-refractivity contribution in [2.45, 2.75) is 63.5 Å². The minimum absolute atomic E-state index is 0.110. The van der Waals surface area contributed by atoms with Crippen LogP contribution in [0.3, 0.4) is 0 Å². The molecule has 0 amide bonds. The van der Waals surface area contributed by atoms with E-state index >= 15 is 0 Å². The lowest BCUT2D eigenvalue weighted by atomic mass is 10.1. The first kappa shape index (κ1) is 21.6. The summed E-state index contributed by atoms with van der Waals surface area (Å²) in [4.78, 5) is 17.6. The van der Waals surface area contributed by atoms with E-state index in [0.717, 1.165) is 11.1 Å². The highest BCUT2D eigenvalue weighted by molar-refractivity contribution is 7.94. The Morgan fingerprint density at radius 1 is 1.21 bits per heavy atom. The molecule has 1 aliphatic rings. The first-order valence-corrected chi connectivity index (χ1v) is 11.6. The van der Waals surface area contributed by atoms with Crippen LogP contribution in [0.2, 0.25) is 0 Å². The molecule has 0 bridgehead atoms. The number of benzene rings is 1. The fraction of sp³-hybridized carbons (Fsp3) is 0.571. The van der Waals surface area contributed by atoms with Crippen molar-refractivity contribution in [1.82, 2.24) is 14.8 Å². The molecule has 1 saturated heterocycles. The second kappa shape index (κ2) is 8.36. The van der Waals surface area contributed by atoms with Crippen LogP contribution in [-0.2, 0) is 32.3 Å². The van der Waals surface area contributed by atoms with Crippen molar-refractivity contribution in [3.63, 3.8) is 0 Å². The molecule has 0 spiro atoms. The third-order valence-corrected chi connectivity index (χ3v) is 8.63. The predicted molar refractivity (Wildman–Crippen MR) is 111 cm³/mol. The van der Waals surface area contributed by atoms with Crippen molar-refractivity contribution >= 4 is 15.6 Å². The summed E-state index contributed by atoms with van der Waals surface area (Å²) in [5.41, 5.74) is 2.06. The number of nitrogens with zero attached hydrogens (tertiary/aromatic N) is 3. The van der Waals surface area contributed by atoms with Crippen molar-refractivity contribution < 1.29 is 17.9 Å². The highest BCUT2D eigenvalue weighted by Crippen LogP contribution is 2.29. The van der Waals surface area contributed by atoms with E-state index < -0.39 is 19.8 Å². The fourth-order valence-electron chi connectivity index (χ4n) is 3.52. The highest BCUT2D eigenvalue weighted by atomic mass is 32.2. The number of Topliss-reactive ketones (excluding diaryl/α,β-unsaturated/α-hetero) is 1. The number of hydrogen-bond acceptors (Lipinski definition) is 6. The molecule has 1 fully saturated rings. The lowest BCUT2D eigenvalue weighted by molar-refractivity contribution is -0.120. The zero-order chi connectivity index (χ0) is 21.2. The smallest absolute Gasteiger partial charge is 0.165 e. The largest absolute Gasteiger partial charge is 0.381 e. The standard InChI is InChI=1S/C21H29N3O4S/c1-5-24-20(16-8-6-15(2)7-9-16)22-19(23-24)14-18(25)21(3,4)29(26,27)17-10-12-28-13-11-17/h6-9,17H,5,10-14H2,1-4H3. The number of carbonyl (C=O) groups is 1. The Labute approximate surface area is 172 Å². The number of hydrogen-bond donors (Lipinski definition) is 0. The van der Waals surface area contributed by atoms with E-state index in [-0.39, 0.29) is 12.2 Å². The minimum Gasteiger partial charge on any atom is -0.381 e. The SMILES string of the molecule is CCn1nc(CC(=O)C(C)(C)S(=O)(=O)C2CCOCC2)nc1-c1ccc(C)cc1. The number of rotatable bonds is 7. The number of sulfone groups is 1. The van der Waals surface area contributed by atoms with E-state index in [1.807, 2.05) is 38.1 Å². The lowest BCUT2D eigenvalue weighted by Gasteiger charge is -2.30. The number of carbonyl (C=O) groups excluding carboxylic acids is 1. The summed E-state index contributed by atoms with van der Waals surface area (Å²) in [5, 5.41) is 3.90. The predicted octanol–water partition coefficient (Wildman–Crippen LogP) is 2.76. The van der Waals surface area contributed by atoms with Crippen molar-refractivity contribution in [3.05, 3.63) is 35.7 Å². The number of aryl methyl sites for hydroxylation is 2. The van der Waals surface area contributed by atoms with E-state index in [9.17, 15) is 13.2 Å². The molecule has 0 unspecified atom stereocenters. The summed E-state index contributed by atoms with van der Waals surface area (Å²) in [5.74, 6) is 0.649. The third-order valence-electron chi connectivity index (χ3n) is 5.63. The lowest BCUT2D eigenvalue weighted by Crippen LogP contribution is -2.48. The second-order valence-corrected chi connectivity index (χ2v) is 10.8. The maximum Gasteiger partial charge on any atom is 0.165 e. The van der Waals surface area contributed by atoms with Crippen LogP contribution in [0.4, 0.5) is 0 Å². The molecule has 0 N–H and O–H groups in total. The van der Waals surface area contributed by atoms with Gasteiger partial charge < -0.3 is 4.74 Å². The van der Waals surface area contributed by atoms with Crippen molar-refractivity contribution in [2.24, 2.45) is 0 Å². The minimum atomic E-state index is -3.64. The summed E-state index contributed by atoms with van der Waals surface area (Å²) in [7, 11) is -3.64. The second-order valence-electron chi connectivity index (χ2n) is 8.00. The van der Waals surface area contributed by atoms with Gasteiger partial charge in [-0.1, -0.05) is 29.8 Å². The highest BCUT2D eigenvalue weighted by Gasteiger charge is 2.46. The van der Waals surface area contributed by atoms with Gasteiger partial charge in [0, 0.05) is 25.3 Å². The molecule has 1 aliphatic heterocycles. The molecule has 0 atom stereocenters. The summed E-state index contributed by atoms with van der Waals surface area (Å²) >= 11 is 0. The molecule has 2 aromatic rings. The average molecular weight is 420 g/mol. The Bertz CT molecular complexity index is 972. The van der Waals surface area contributed by atoms with E-state index in [1.165, 1.54) is 13.8 Å². The molecule has 1 aromatic carbocycles. The molecule has 0 saturated carbocycles. The monoisotopic (exact) mass is 419 g/mol. The zero-order valence-corrected chi connectivity index (χ0v) is 18.3. The molecule has 29 heavy (non-hydrogen) atoms. The van der Waals surface area contributed by atoms with Gasteiger partial charge in [0.25, 0.3) is 0 Å². The van der Waals surface area contributed by atoms with Crippen molar-refractivity contribution in [2.75, 3.05) is 13.2 Å². The van der Waals surface area contributed by atoms with Gasteiger partial charge in [-0.05, 0) is 40.5 Å². The maximum absolute atomic E-state index is 13.1. The average Bonchev–Trinajstić information content (AvgIpc) is 3.11. The van der Waals surface area contributed by atoms with Gasteiger partial charge in [-0.25, -0.2) is 18.1 Å². The molecule has 0 aliphatic carbocycles. The Morgan fingerprint density at radius 2 is 1.83 bits per heavy atom. The van der Waals surface area contributed by atoms with Crippen molar-refractivity contribution in [1.29, 1.82) is 0 Å². The fourth-order valence-corrected chi connectivity index (χ4v) is 5.55. The summed E-state index contributed by atoms with van der Waals surface area (Å²) in [6.07, 6.45) is 0.750. The molecule has 2 heterocycles. The van der Waals surface area contributed by atoms with Crippen molar-refractivity contribution in [3.8, 4) is 11.4 Å². The van der Waals surface area contributed by atoms with Crippen LogP contribution >= 0.6 is 0 Å². The maximum atomic E-state index is 13.1. The molecular weight excluding hydrogens is 390 g/mol. The molecule has 8 heteroatoms. The van der Waals surface area contributed by atoms with Gasteiger partial charge >= 0.3 is 0 Å². The van der Waals surface area contributed by atoms with Crippen LogP contribution in [0.5, 0.6) is 0 Å². The first-order valence-electron chi connectivity index (χ1n) is 10.0. The zero-order valence-electron chi connectivity index (χ0n) is 17.5. The van der Waals surface area contributed by atoms with E-state index in [0.29, 0.717) is 44.2 Å². The molecule has 158 valence electrons. The number of aromatic nitrogens is 3. The van der Waals surface area contributed by atoms with E-state index in [1.54, 1.807) is 4.68 Å². The van der Waals surface area contributed by atoms with Crippen LogP contribution < -0.4 is 0 Å². The van der Waals surface area contributed by atoms with Gasteiger partial charge in [0.05, 0.1) is 11.7 Å². The van der Waals surface area contributed by atoms with Crippen LogP contribution in [0, 0.1) is 6.92 Å². The Hall–Kier alpha value is -2.06. The van der Waals surface area contributed by atoms with Gasteiger partial charge in [-0.2, -0.15) is 5.10 Å². The van der Waals surface area contributed by atoms with Gasteiger partial charge in [-0.15, -0.1) is 0 Å². The Kier molecular flexibility index (Phi) is 6.24. The summed E-state index contributed by atoms with van der Waals surface area (Å²) in [6, 6.07) is 7.93. The quantitative estimate of drug-likeness (QED) is 0.685. The van der Waals surface area contributed by atoms with Crippen LogP contribution in [0.25, 0.3) is 11.4 Å². The summed E-state index contributed by atoms with van der Waals surface area (Å²) in [6.45, 7) is 8.40. The topological polar surface area (TPSA) is 91.2 Å². The molecule has 3 rings (SSSR count). The first-order chi connectivity index (χ1) is 13.7.